The van der Waals surface area contributed by atoms with Gasteiger partial charge in [0.2, 0.25) is 0 Å². The van der Waals surface area contributed by atoms with E-state index < -0.39 is 0 Å². The molecule has 0 unspecified atom stereocenters. The van der Waals surface area contributed by atoms with Gasteiger partial charge in [0.1, 0.15) is 0 Å². The van der Waals surface area contributed by atoms with E-state index in [1.807, 2.05) is 0 Å². The summed E-state index contributed by atoms with van der Waals surface area (Å²) in [4.78, 5) is 0. The van der Waals surface area contributed by atoms with Crippen LogP contribution in [0.25, 0.3) is 0 Å². The summed E-state index contributed by atoms with van der Waals surface area (Å²) in [6.45, 7) is 8.24. The molecule has 0 aliphatic carbocycles. The van der Waals surface area contributed by atoms with Crippen molar-refractivity contribution in [3.63, 3.8) is 0 Å². The highest BCUT2D eigenvalue weighted by Gasteiger charge is 1.89. The first kappa shape index (κ1) is 8.74. The van der Waals surface area contributed by atoms with Gasteiger partial charge in [-0.1, -0.05) is 38.8 Å². The van der Waals surface area contributed by atoms with Gasteiger partial charge in [-0.3, -0.25) is 0 Å². The summed E-state index contributed by atoms with van der Waals surface area (Å²) in [6.07, 6.45) is 7.14. The van der Waals surface area contributed by atoms with Gasteiger partial charge in [0.15, 0.2) is 0 Å². The van der Waals surface area contributed by atoms with Gasteiger partial charge in [-0.25, -0.2) is 0 Å². The minimum Gasteiger partial charge on any atom is -0.0996 e. The Morgan fingerprint density at radius 3 is 2.56 bits per heavy atom. The quantitative estimate of drug-likeness (QED) is 0.494. The highest BCUT2D eigenvalue weighted by molar-refractivity contribution is 5.06. The molecule has 0 nitrogen and oxygen atoms in total. The van der Waals surface area contributed by atoms with Crippen LogP contribution in [-0.4, -0.2) is 0 Å². The Hall–Kier alpha value is -0.260. The van der Waals surface area contributed by atoms with E-state index in [2.05, 4.69) is 26.8 Å². The van der Waals surface area contributed by atoms with E-state index in [1.54, 1.807) is 0 Å². The summed E-state index contributed by atoms with van der Waals surface area (Å²) < 4.78 is 0. The molecule has 0 amide bonds. The molecule has 0 aromatic carbocycles. The average molecular weight is 125 g/mol. The lowest BCUT2D eigenvalue weighted by Crippen LogP contribution is -1.80. The second-order valence-electron chi connectivity index (χ2n) is 2.36. The summed E-state index contributed by atoms with van der Waals surface area (Å²) in [5.41, 5.74) is 1.28. The summed E-state index contributed by atoms with van der Waals surface area (Å²) in [5, 5.41) is 0. The first-order chi connectivity index (χ1) is 4.31. The normalized spacial score (nSPS) is 9.56. The summed E-state index contributed by atoms with van der Waals surface area (Å²) in [6, 6.07) is 0. The van der Waals surface area contributed by atoms with Crippen molar-refractivity contribution in [3.8, 4) is 0 Å². The SMILES string of the molecule is C=C([CH]CCCC)CC. The van der Waals surface area contributed by atoms with Crippen LogP contribution < -0.4 is 0 Å². The average Bonchev–Trinajstić information content (AvgIpc) is 1.89. The molecule has 0 bridgehead atoms. The molecule has 0 aliphatic rings. The lowest BCUT2D eigenvalue weighted by molar-refractivity contribution is 0.783. The van der Waals surface area contributed by atoms with E-state index in [0.717, 1.165) is 6.42 Å². The van der Waals surface area contributed by atoms with Crippen LogP contribution in [0.4, 0.5) is 0 Å². The molecule has 0 atom stereocenters. The smallest absolute Gasteiger partial charge is 0.0140 e. The van der Waals surface area contributed by atoms with Gasteiger partial charge in [0.25, 0.3) is 0 Å². The van der Waals surface area contributed by atoms with Gasteiger partial charge in [-0.05, 0) is 19.3 Å². The lowest BCUT2D eigenvalue weighted by Gasteiger charge is -1.98. The minimum atomic E-state index is 1.10. The molecule has 53 valence electrons. The molecule has 0 spiro atoms. The third-order valence-corrected chi connectivity index (χ3v) is 1.44. The van der Waals surface area contributed by atoms with Crippen molar-refractivity contribution in [2.75, 3.05) is 0 Å². The van der Waals surface area contributed by atoms with Gasteiger partial charge < -0.3 is 0 Å². The van der Waals surface area contributed by atoms with Crippen LogP contribution >= 0.6 is 0 Å². The third kappa shape index (κ3) is 5.61. The highest BCUT2D eigenvalue weighted by atomic mass is 13.9. The topological polar surface area (TPSA) is 0 Å². The fourth-order valence-electron chi connectivity index (χ4n) is 0.655. The molecule has 0 saturated heterocycles. The fraction of sp³-hybridized carbons (Fsp3) is 0.667. The Labute approximate surface area is 59.0 Å². The predicted octanol–water partition coefficient (Wildman–Crippen LogP) is 3.35. The van der Waals surface area contributed by atoms with Gasteiger partial charge in [0, 0.05) is 0 Å². The molecule has 0 N–H and O–H groups in total. The molecule has 0 aromatic rings. The maximum Gasteiger partial charge on any atom is -0.0140 e. The third-order valence-electron chi connectivity index (χ3n) is 1.44. The van der Waals surface area contributed by atoms with Gasteiger partial charge >= 0.3 is 0 Å². The van der Waals surface area contributed by atoms with E-state index in [0.29, 0.717) is 0 Å². The Bertz CT molecular complexity index is 72.1. The molecule has 0 heteroatoms. The monoisotopic (exact) mass is 125 g/mol. The zero-order chi connectivity index (χ0) is 7.11. The van der Waals surface area contributed by atoms with Gasteiger partial charge in [0.05, 0.1) is 0 Å². The molecule has 9 heavy (non-hydrogen) atoms. The standard InChI is InChI=1S/C9H17/c1-4-6-7-8-9(3)5-2/h8H,3-7H2,1-2H3. The fourth-order valence-corrected chi connectivity index (χ4v) is 0.655. The van der Waals surface area contributed by atoms with Crippen molar-refractivity contribution in [1.82, 2.24) is 0 Å². The van der Waals surface area contributed by atoms with Crippen molar-refractivity contribution in [2.45, 2.75) is 39.5 Å². The number of allylic oxidation sites excluding steroid dienone is 1. The van der Waals surface area contributed by atoms with E-state index in [9.17, 15) is 0 Å². The molecule has 0 aromatic heterocycles. The highest BCUT2D eigenvalue weighted by Crippen LogP contribution is 2.07. The number of unbranched alkanes of at least 4 members (excludes halogenated alkanes) is 2. The van der Waals surface area contributed by atoms with Crippen molar-refractivity contribution in [2.24, 2.45) is 0 Å². The van der Waals surface area contributed by atoms with E-state index in [1.165, 1.54) is 24.8 Å². The van der Waals surface area contributed by atoms with E-state index >= 15 is 0 Å². The molecule has 0 fully saturated rings. The molecular weight excluding hydrogens is 108 g/mol. The largest absolute Gasteiger partial charge is 0.0996 e. The Morgan fingerprint density at radius 2 is 2.11 bits per heavy atom. The van der Waals surface area contributed by atoms with Crippen molar-refractivity contribution < 1.29 is 0 Å². The maximum atomic E-state index is 3.89. The van der Waals surface area contributed by atoms with Crippen LogP contribution in [0.15, 0.2) is 12.2 Å². The molecule has 0 saturated carbocycles. The van der Waals surface area contributed by atoms with Crippen LogP contribution in [0.3, 0.4) is 0 Å². The summed E-state index contributed by atoms with van der Waals surface area (Å²) >= 11 is 0. The Morgan fingerprint density at radius 1 is 1.44 bits per heavy atom. The summed E-state index contributed by atoms with van der Waals surface area (Å²) in [5.74, 6) is 0. The van der Waals surface area contributed by atoms with Gasteiger partial charge in [-0.2, -0.15) is 0 Å². The predicted molar refractivity (Wildman–Crippen MR) is 43.3 cm³/mol. The number of hydrogen-bond donors (Lipinski definition) is 0. The lowest BCUT2D eigenvalue weighted by atomic mass is 10.1. The van der Waals surface area contributed by atoms with Crippen LogP contribution in [0.1, 0.15) is 39.5 Å². The second-order valence-corrected chi connectivity index (χ2v) is 2.36. The van der Waals surface area contributed by atoms with Crippen LogP contribution in [0.2, 0.25) is 0 Å². The molecular formula is C9H17. The molecule has 0 aliphatic heterocycles. The Balaban J connectivity index is 2.97. The van der Waals surface area contributed by atoms with E-state index in [4.69, 9.17) is 0 Å². The summed E-state index contributed by atoms with van der Waals surface area (Å²) in [7, 11) is 0. The molecule has 0 heterocycles. The number of rotatable bonds is 5. The molecule has 0 rings (SSSR count). The van der Waals surface area contributed by atoms with Crippen molar-refractivity contribution >= 4 is 0 Å². The Kier molecular flexibility index (Phi) is 5.70. The molecule has 1 radical (unpaired) electrons. The first-order valence-electron chi connectivity index (χ1n) is 3.82. The zero-order valence-electron chi connectivity index (χ0n) is 6.61. The van der Waals surface area contributed by atoms with Crippen molar-refractivity contribution in [1.29, 1.82) is 0 Å². The van der Waals surface area contributed by atoms with Gasteiger partial charge in [-0.15, -0.1) is 0 Å². The van der Waals surface area contributed by atoms with Crippen LogP contribution in [-0.2, 0) is 0 Å². The minimum absolute atomic E-state index is 1.10. The second kappa shape index (κ2) is 5.87. The zero-order valence-corrected chi connectivity index (χ0v) is 6.61. The van der Waals surface area contributed by atoms with Crippen molar-refractivity contribution in [3.05, 3.63) is 18.6 Å². The van der Waals surface area contributed by atoms with E-state index in [-0.39, 0.29) is 0 Å². The van der Waals surface area contributed by atoms with Crippen LogP contribution in [0, 0.1) is 6.42 Å². The number of hydrogen-bond acceptors (Lipinski definition) is 0. The van der Waals surface area contributed by atoms with Crippen LogP contribution in [0.5, 0.6) is 0 Å². The maximum absolute atomic E-state index is 3.89. The first-order valence-corrected chi connectivity index (χ1v) is 3.82.